The molecule has 0 spiro atoms. The minimum atomic E-state index is -0.813. The SMILES string of the molecule is O=Cc1ccc(C(=O)OCC(=O)Nc2cc(F)ccc2F)cc1. The average molecular weight is 319 g/mol. The lowest BCUT2D eigenvalue weighted by molar-refractivity contribution is -0.119. The molecule has 0 atom stereocenters. The summed E-state index contributed by atoms with van der Waals surface area (Å²) < 4.78 is 31.1. The fraction of sp³-hybridized carbons (Fsp3) is 0.0625. The Hall–Kier alpha value is -3.09. The largest absolute Gasteiger partial charge is 0.452 e. The van der Waals surface area contributed by atoms with Crippen LogP contribution in [0.4, 0.5) is 14.5 Å². The van der Waals surface area contributed by atoms with Crippen LogP contribution in [0.2, 0.25) is 0 Å². The zero-order valence-electron chi connectivity index (χ0n) is 11.7. The Morgan fingerprint density at radius 2 is 1.78 bits per heavy atom. The van der Waals surface area contributed by atoms with Gasteiger partial charge in [0.15, 0.2) is 6.61 Å². The van der Waals surface area contributed by atoms with E-state index >= 15 is 0 Å². The van der Waals surface area contributed by atoms with E-state index in [1.807, 2.05) is 0 Å². The van der Waals surface area contributed by atoms with Crippen molar-refractivity contribution in [1.82, 2.24) is 0 Å². The van der Waals surface area contributed by atoms with Gasteiger partial charge in [-0.2, -0.15) is 0 Å². The zero-order chi connectivity index (χ0) is 16.8. The molecule has 0 aliphatic carbocycles. The third kappa shape index (κ3) is 4.44. The molecule has 118 valence electrons. The van der Waals surface area contributed by atoms with Gasteiger partial charge in [-0.1, -0.05) is 12.1 Å². The monoisotopic (exact) mass is 319 g/mol. The fourth-order valence-corrected chi connectivity index (χ4v) is 1.69. The molecule has 5 nitrogen and oxygen atoms in total. The van der Waals surface area contributed by atoms with Crippen molar-refractivity contribution in [3.63, 3.8) is 0 Å². The Morgan fingerprint density at radius 1 is 1.09 bits per heavy atom. The summed E-state index contributed by atoms with van der Waals surface area (Å²) in [5.41, 5.74) is 0.197. The van der Waals surface area contributed by atoms with Crippen molar-refractivity contribution < 1.29 is 27.9 Å². The first-order valence-corrected chi connectivity index (χ1v) is 6.47. The number of carbonyl (C=O) groups excluding carboxylic acids is 3. The van der Waals surface area contributed by atoms with E-state index < -0.39 is 30.1 Å². The minimum Gasteiger partial charge on any atom is -0.452 e. The predicted molar refractivity (Wildman–Crippen MR) is 77.1 cm³/mol. The normalized spacial score (nSPS) is 10.0. The quantitative estimate of drug-likeness (QED) is 0.679. The van der Waals surface area contributed by atoms with Crippen LogP contribution in [0.15, 0.2) is 42.5 Å². The van der Waals surface area contributed by atoms with Crippen LogP contribution in [-0.4, -0.2) is 24.8 Å². The van der Waals surface area contributed by atoms with Crippen molar-refractivity contribution in [2.75, 3.05) is 11.9 Å². The highest BCUT2D eigenvalue weighted by Crippen LogP contribution is 2.15. The molecule has 0 bridgehead atoms. The van der Waals surface area contributed by atoms with E-state index in [1.165, 1.54) is 24.3 Å². The molecule has 1 N–H and O–H groups in total. The first-order chi connectivity index (χ1) is 11.0. The number of esters is 1. The second kappa shape index (κ2) is 7.26. The zero-order valence-corrected chi connectivity index (χ0v) is 11.7. The molecule has 0 aliphatic rings. The fourth-order valence-electron chi connectivity index (χ4n) is 1.69. The van der Waals surface area contributed by atoms with Crippen LogP contribution in [0.25, 0.3) is 0 Å². The van der Waals surface area contributed by atoms with Crippen LogP contribution in [-0.2, 0) is 9.53 Å². The second-order valence-electron chi connectivity index (χ2n) is 4.49. The summed E-state index contributed by atoms with van der Waals surface area (Å²) in [5, 5.41) is 2.10. The van der Waals surface area contributed by atoms with Crippen molar-refractivity contribution in [3.8, 4) is 0 Å². The third-order valence-corrected chi connectivity index (χ3v) is 2.82. The van der Waals surface area contributed by atoms with Gasteiger partial charge < -0.3 is 10.1 Å². The van der Waals surface area contributed by atoms with E-state index in [1.54, 1.807) is 0 Å². The van der Waals surface area contributed by atoms with Crippen molar-refractivity contribution in [1.29, 1.82) is 0 Å². The molecule has 0 heterocycles. The maximum atomic E-state index is 13.3. The maximum Gasteiger partial charge on any atom is 0.338 e. The summed E-state index contributed by atoms with van der Waals surface area (Å²) in [6.07, 6.45) is 0.621. The van der Waals surface area contributed by atoms with Gasteiger partial charge in [0.05, 0.1) is 11.3 Å². The molecule has 2 rings (SSSR count). The first kappa shape index (κ1) is 16.3. The van der Waals surface area contributed by atoms with E-state index in [0.29, 0.717) is 11.8 Å². The van der Waals surface area contributed by atoms with Gasteiger partial charge in [-0.3, -0.25) is 9.59 Å². The molecule has 0 aromatic heterocycles. The van der Waals surface area contributed by atoms with Gasteiger partial charge in [-0.05, 0) is 24.3 Å². The first-order valence-electron chi connectivity index (χ1n) is 6.47. The molecule has 0 saturated heterocycles. The lowest BCUT2D eigenvalue weighted by atomic mass is 10.1. The Kier molecular flexibility index (Phi) is 5.14. The highest BCUT2D eigenvalue weighted by molar-refractivity contribution is 5.95. The summed E-state index contributed by atoms with van der Waals surface area (Å²) in [6.45, 7) is -0.662. The van der Waals surface area contributed by atoms with Crippen molar-refractivity contribution in [2.45, 2.75) is 0 Å². The lowest BCUT2D eigenvalue weighted by Crippen LogP contribution is -2.21. The molecular weight excluding hydrogens is 308 g/mol. The van der Waals surface area contributed by atoms with Gasteiger partial charge >= 0.3 is 5.97 Å². The molecule has 0 saturated carbocycles. The summed E-state index contributed by atoms with van der Waals surface area (Å²) in [5.74, 6) is -3.12. The molecule has 0 aliphatic heterocycles. The van der Waals surface area contributed by atoms with Crippen LogP contribution in [0.5, 0.6) is 0 Å². The van der Waals surface area contributed by atoms with Gasteiger partial charge in [0, 0.05) is 11.6 Å². The molecule has 1 amide bonds. The van der Waals surface area contributed by atoms with Crippen LogP contribution >= 0.6 is 0 Å². The highest BCUT2D eigenvalue weighted by Gasteiger charge is 2.12. The molecule has 0 radical (unpaired) electrons. The smallest absolute Gasteiger partial charge is 0.338 e. The molecule has 2 aromatic rings. The number of anilines is 1. The van der Waals surface area contributed by atoms with E-state index in [-0.39, 0.29) is 11.3 Å². The summed E-state index contributed by atoms with van der Waals surface area (Å²) in [6, 6.07) is 8.18. The van der Waals surface area contributed by atoms with Gasteiger partial charge in [0.2, 0.25) is 0 Å². The van der Waals surface area contributed by atoms with Gasteiger partial charge in [-0.15, -0.1) is 0 Å². The molecular formula is C16H11F2NO4. The summed E-state index contributed by atoms with van der Waals surface area (Å²) >= 11 is 0. The van der Waals surface area contributed by atoms with Crippen molar-refractivity contribution in [3.05, 3.63) is 65.2 Å². The Morgan fingerprint density at radius 3 is 2.43 bits per heavy atom. The van der Waals surface area contributed by atoms with Crippen LogP contribution in [0.3, 0.4) is 0 Å². The summed E-state index contributed by atoms with van der Waals surface area (Å²) in [7, 11) is 0. The molecule has 2 aromatic carbocycles. The molecule has 7 heteroatoms. The van der Waals surface area contributed by atoms with Crippen LogP contribution in [0, 0.1) is 11.6 Å². The van der Waals surface area contributed by atoms with Crippen molar-refractivity contribution in [2.24, 2.45) is 0 Å². The van der Waals surface area contributed by atoms with E-state index in [2.05, 4.69) is 5.32 Å². The molecule has 23 heavy (non-hydrogen) atoms. The van der Waals surface area contributed by atoms with Gasteiger partial charge in [0.1, 0.15) is 17.9 Å². The highest BCUT2D eigenvalue weighted by atomic mass is 19.1. The van der Waals surface area contributed by atoms with Gasteiger partial charge in [-0.25, -0.2) is 13.6 Å². The number of benzene rings is 2. The number of halogens is 2. The third-order valence-electron chi connectivity index (χ3n) is 2.82. The number of ether oxygens (including phenoxy) is 1. The minimum absolute atomic E-state index is 0.153. The number of hydrogen-bond acceptors (Lipinski definition) is 4. The number of nitrogens with one attached hydrogen (secondary N) is 1. The van der Waals surface area contributed by atoms with Crippen molar-refractivity contribution >= 4 is 23.9 Å². The number of hydrogen-bond donors (Lipinski definition) is 1. The number of amides is 1. The second-order valence-corrected chi connectivity index (χ2v) is 4.49. The number of rotatable bonds is 5. The standard InChI is InChI=1S/C16H11F2NO4/c17-12-5-6-13(18)14(7-12)19-15(21)9-23-16(22)11-3-1-10(8-20)2-4-11/h1-8H,9H2,(H,19,21). The molecule has 0 unspecified atom stereocenters. The predicted octanol–water partition coefficient (Wildman–Crippen LogP) is 2.57. The summed E-state index contributed by atoms with van der Waals surface area (Å²) in [4.78, 5) is 33.8. The van der Waals surface area contributed by atoms with E-state index in [9.17, 15) is 23.2 Å². The topological polar surface area (TPSA) is 72.5 Å². The van der Waals surface area contributed by atoms with Gasteiger partial charge in [0.25, 0.3) is 5.91 Å². The Bertz CT molecular complexity index is 744. The van der Waals surface area contributed by atoms with Crippen LogP contribution in [0.1, 0.15) is 20.7 Å². The van der Waals surface area contributed by atoms with E-state index in [0.717, 1.165) is 18.2 Å². The Balaban J connectivity index is 1.91. The average Bonchev–Trinajstić information content (AvgIpc) is 2.56. The Labute approximate surface area is 129 Å². The number of carbonyl (C=O) groups is 3. The lowest BCUT2D eigenvalue weighted by Gasteiger charge is -2.07. The van der Waals surface area contributed by atoms with Crippen LogP contribution < -0.4 is 5.32 Å². The molecule has 0 fully saturated rings. The van der Waals surface area contributed by atoms with E-state index in [4.69, 9.17) is 4.74 Å². The maximum absolute atomic E-state index is 13.3. The number of aldehydes is 1.